The van der Waals surface area contributed by atoms with Crippen molar-refractivity contribution in [1.82, 2.24) is 20.6 Å². The quantitative estimate of drug-likeness (QED) is 0.378. The fourth-order valence-electron chi connectivity index (χ4n) is 3.56. The molecular weight excluding hydrogens is 407 g/mol. The van der Waals surface area contributed by atoms with Gasteiger partial charge in [0.1, 0.15) is 22.9 Å². The lowest BCUT2D eigenvalue weighted by molar-refractivity contribution is -0.123. The van der Waals surface area contributed by atoms with Gasteiger partial charge in [0.15, 0.2) is 5.75 Å². The van der Waals surface area contributed by atoms with Crippen LogP contribution in [0.1, 0.15) is 27.9 Å². The molecule has 3 heterocycles. The highest BCUT2D eigenvalue weighted by atomic mass is 19.1. The fraction of sp³-hybridized carbons (Fsp3) is 0.238. The van der Waals surface area contributed by atoms with Crippen molar-refractivity contribution < 1.29 is 24.2 Å². The maximum atomic E-state index is 13.1. The highest BCUT2D eigenvalue weighted by Crippen LogP contribution is 2.24. The van der Waals surface area contributed by atoms with Crippen LogP contribution >= 0.6 is 0 Å². The van der Waals surface area contributed by atoms with Gasteiger partial charge in [-0.1, -0.05) is 12.1 Å². The van der Waals surface area contributed by atoms with Crippen LogP contribution in [0.3, 0.4) is 0 Å². The van der Waals surface area contributed by atoms with Gasteiger partial charge in [0.2, 0.25) is 5.91 Å². The first-order chi connectivity index (χ1) is 14.8. The molecule has 2 amide bonds. The van der Waals surface area contributed by atoms with Crippen molar-refractivity contribution in [3.8, 4) is 5.75 Å². The molecule has 0 radical (unpaired) electrons. The van der Waals surface area contributed by atoms with Crippen LogP contribution in [-0.2, 0) is 11.2 Å². The number of aliphatic hydroxyl groups excluding tert-OH is 1. The Hall–Kier alpha value is -3.63. The monoisotopic (exact) mass is 426 g/mol. The van der Waals surface area contributed by atoms with Crippen LogP contribution in [-0.4, -0.2) is 50.7 Å². The van der Waals surface area contributed by atoms with E-state index < -0.39 is 40.8 Å². The van der Waals surface area contributed by atoms with Gasteiger partial charge >= 0.3 is 0 Å². The highest BCUT2D eigenvalue weighted by Gasteiger charge is 2.33. The van der Waals surface area contributed by atoms with E-state index in [9.17, 15) is 29.0 Å². The molecule has 4 rings (SSSR count). The van der Waals surface area contributed by atoms with E-state index in [-0.39, 0.29) is 16.9 Å². The molecule has 0 bridgehead atoms. The van der Waals surface area contributed by atoms with Crippen molar-refractivity contribution >= 4 is 22.8 Å². The molecule has 1 fully saturated rings. The number of amides is 2. The van der Waals surface area contributed by atoms with Crippen LogP contribution in [0.25, 0.3) is 11.0 Å². The molecule has 9 nitrogen and oxygen atoms in total. The summed E-state index contributed by atoms with van der Waals surface area (Å²) in [6.45, 7) is 0.416. The Kier molecular flexibility index (Phi) is 5.49. The van der Waals surface area contributed by atoms with Gasteiger partial charge < -0.3 is 20.5 Å². The first-order valence-corrected chi connectivity index (χ1v) is 9.58. The summed E-state index contributed by atoms with van der Waals surface area (Å²) in [5.74, 6) is -2.89. The standard InChI is InChI=1S/C21H19FN4O5/c22-12-3-1-10(2-4-12)7-11-8-13-16(24-9-11)18(28)15(19(29)25-13)20(30)26-21(31)17-14(27)5-6-23-17/h1-4,8-9,14,17,23,27H,5-7H2,(H2,25,28,29)(H,26,30,31)/t14?,17-/m1/s1. The van der Waals surface area contributed by atoms with Gasteiger partial charge in [0.25, 0.3) is 11.5 Å². The van der Waals surface area contributed by atoms with E-state index in [1.54, 1.807) is 18.2 Å². The number of nitrogens with zero attached hydrogens (tertiary/aromatic N) is 1. The third-order valence-electron chi connectivity index (χ3n) is 5.14. The number of rotatable bonds is 4. The highest BCUT2D eigenvalue weighted by molar-refractivity contribution is 6.09. The van der Waals surface area contributed by atoms with E-state index in [0.717, 1.165) is 5.56 Å². The van der Waals surface area contributed by atoms with Crippen LogP contribution in [0.4, 0.5) is 4.39 Å². The summed E-state index contributed by atoms with van der Waals surface area (Å²) < 4.78 is 13.1. The number of hydrogen-bond acceptors (Lipinski definition) is 7. The Morgan fingerprint density at radius 1 is 1.23 bits per heavy atom. The van der Waals surface area contributed by atoms with Crippen LogP contribution in [0, 0.1) is 5.82 Å². The number of carbonyl (C=O) groups excluding carboxylic acids is 2. The minimum absolute atomic E-state index is 0.0147. The van der Waals surface area contributed by atoms with Crippen molar-refractivity contribution in [2.45, 2.75) is 25.0 Å². The Morgan fingerprint density at radius 2 is 1.97 bits per heavy atom. The number of aromatic hydroxyl groups is 1. The Balaban J connectivity index is 1.60. The molecule has 0 spiro atoms. The number of benzene rings is 1. The van der Waals surface area contributed by atoms with Gasteiger partial charge in [-0.25, -0.2) is 4.39 Å². The van der Waals surface area contributed by atoms with Gasteiger partial charge in [-0.05, 0) is 48.7 Å². The molecule has 1 aromatic carbocycles. The summed E-state index contributed by atoms with van der Waals surface area (Å²) in [4.78, 5) is 43.7. The average molecular weight is 426 g/mol. The molecule has 31 heavy (non-hydrogen) atoms. The predicted molar refractivity (Wildman–Crippen MR) is 108 cm³/mol. The van der Waals surface area contributed by atoms with Crippen LogP contribution in [0.15, 0.2) is 41.3 Å². The van der Waals surface area contributed by atoms with Crippen LogP contribution < -0.4 is 16.2 Å². The number of carbonyl (C=O) groups is 2. The summed E-state index contributed by atoms with van der Waals surface area (Å²) in [5, 5.41) is 25.0. The fourth-order valence-corrected chi connectivity index (χ4v) is 3.56. The van der Waals surface area contributed by atoms with E-state index >= 15 is 0 Å². The second-order valence-corrected chi connectivity index (χ2v) is 7.33. The van der Waals surface area contributed by atoms with E-state index in [2.05, 4.69) is 15.3 Å². The second-order valence-electron chi connectivity index (χ2n) is 7.33. The third kappa shape index (κ3) is 4.16. The number of nitrogens with one attached hydrogen (secondary N) is 3. The Bertz CT molecular complexity index is 1220. The summed E-state index contributed by atoms with van der Waals surface area (Å²) in [6.07, 6.45) is 1.30. The minimum atomic E-state index is -1.09. The first kappa shape index (κ1) is 20.6. The molecule has 0 saturated carbocycles. The number of fused-ring (bicyclic) bond motifs is 1. The van der Waals surface area contributed by atoms with Crippen molar-refractivity contribution in [3.05, 3.63) is 69.4 Å². The molecule has 1 saturated heterocycles. The van der Waals surface area contributed by atoms with Crippen molar-refractivity contribution in [2.24, 2.45) is 0 Å². The molecule has 1 aliphatic rings. The van der Waals surface area contributed by atoms with Gasteiger partial charge in [0, 0.05) is 6.20 Å². The van der Waals surface area contributed by atoms with Crippen molar-refractivity contribution in [2.75, 3.05) is 6.54 Å². The zero-order valence-electron chi connectivity index (χ0n) is 16.2. The number of imide groups is 1. The number of aromatic nitrogens is 2. The molecular formula is C21H19FN4O5. The van der Waals surface area contributed by atoms with Crippen molar-refractivity contribution in [1.29, 1.82) is 0 Å². The summed E-state index contributed by atoms with van der Waals surface area (Å²) in [5.41, 5.74) is 0.175. The Morgan fingerprint density at radius 3 is 2.65 bits per heavy atom. The predicted octanol–water partition coefficient (Wildman–Crippen LogP) is 0.338. The van der Waals surface area contributed by atoms with E-state index in [1.165, 1.54) is 18.3 Å². The smallest absolute Gasteiger partial charge is 0.267 e. The van der Waals surface area contributed by atoms with E-state index in [1.807, 2.05) is 5.32 Å². The first-order valence-electron chi connectivity index (χ1n) is 9.58. The van der Waals surface area contributed by atoms with Crippen LogP contribution in [0.5, 0.6) is 5.75 Å². The minimum Gasteiger partial charge on any atom is -0.505 e. The topological polar surface area (TPSA) is 144 Å². The maximum absolute atomic E-state index is 13.1. The molecule has 160 valence electrons. The number of aromatic amines is 1. The summed E-state index contributed by atoms with van der Waals surface area (Å²) in [6, 6.07) is 6.55. The molecule has 2 aromatic heterocycles. The van der Waals surface area contributed by atoms with Gasteiger partial charge in [0.05, 0.1) is 11.6 Å². The van der Waals surface area contributed by atoms with Gasteiger partial charge in [-0.3, -0.25) is 24.7 Å². The number of H-pyrrole nitrogens is 1. The Labute approximate surface area is 174 Å². The van der Waals surface area contributed by atoms with E-state index in [4.69, 9.17) is 0 Å². The molecule has 5 N–H and O–H groups in total. The number of hydrogen-bond donors (Lipinski definition) is 5. The van der Waals surface area contributed by atoms with Gasteiger partial charge in [-0.2, -0.15) is 0 Å². The average Bonchev–Trinajstić information content (AvgIpc) is 3.15. The third-order valence-corrected chi connectivity index (χ3v) is 5.14. The number of halogens is 1. The molecule has 3 aromatic rings. The second kappa shape index (κ2) is 8.25. The van der Waals surface area contributed by atoms with Crippen LogP contribution in [0.2, 0.25) is 0 Å². The lowest BCUT2D eigenvalue weighted by atomic mass is 10.1. The van der Waals surface area contributed by atoms with Crippen molar-refractivity contribution in [3.63, 3.8) is 0 Å². The van der Waals surface area contributed by atoms with E-state index in [0.29, 0.717) is 24.9 Å². The zero-order valence-corrected chi connectivity index (χ0v) is 16.2. The number of aliphatic hydroxyl groups is 1. The summed E-state index contributed by atoms with van der Waals surface area (Å²) in [7, 11) is 0. The molecule has 10 heteroatoms. The molecule has 1 aliphatic heterocycles. The normalized spacial score (nSPS) is 18.3. The SMILES string of the molecule is O=C(NC(=O)[C@@H]1NCCC1O)c1c(O)c2ncc(Cc3ccc(F)cc3)cc2[nH]c1=O. The molecule has 1 unspecified atom stereocenters. The lowest BCUT2D eigenvalue weighted by Crippen LogP contribution is -2.48. The molecule has 2 atom stereocenters. The molecule has 0 aliphatic carbocycles. The zero-order chi connectivity index (χ0) is 22.1. The maximum Gasteiger partial charge on any atom is 0.267 e. The number of pyridine rings is 2. The lowest BCUT2D eigenvalue weighted by Gasteiger charge is -2.14. The largest absolute Gasteiger partial charge is 0.505 e. The summed E-state index contributed by atoms with van der Waals surface area (Å²) >= 11 is 0. The van der Waals surface area contributed by atoms with Gasteiger partial charge in [-0.15, -0.1) is 0 Å².